The van der Waals surface area contributed by atoms with Crippen LogP contribution >= 0.6 is 0 Å². The molecule has 0 aliphatic heterocycles. The molecule has 1 aliphatic carbocycles. The largest absolute Gasteiger partial charge is 0.447 e. The van der Waals surface area contributed by atoms with Crippen molar-refractivity contribution in [3.63, 3.8) is 0 Å². The van der Waals surface area contributed by atoms with E-state index in [9.17, 15) is 8.42 Å². The minimum Gasteiger partial charge on any atom is -0.447 e. The van der Waals surface area contributed by atoms with Gasteiger partial charge in [0.05, 0.1) is 6.54 Å². The van der Waals surface area contributed by atoms with Crippen molar-refractivity contribution in [3.8, 4) is 0 Å². The highest BCUT2D eigenvalue weighted by atomic mass is 32.2. The Labute approximate surface area is 108 Å². The number of nitrogens with zero attached hydrogens (tertiary/aromatic N) is 1. The predicted molar refractivity (Wildman–Crippen MR) is 68.6 cm³/mol. The first-order valence-electron chi connectivity index (χ1n) is 5.98. The first-order chi connectivity index (χ1) is 8.23. The van der Waals surface area contributed by atoms with Crippen LogP contribution in [0.4, 0.5) is 0 Å². The van der Waals surface area contributed by atoms with Crippen LogP contribution in [0.5, 0.6) is 0 Å². The summed E-state index contributed by atoms with van der Waals surface area (Å²) in [5, 5.41) is 3.35. The molecule has 1 aromatic heterocycles. The molecular formula is C12H20N2O3S. The van der Waals surface area contributed by atoms with E-state index in [1.165, 1.54) is 20.2 Å². The van der Waals surface area contributed by atoms with Gasteiger partial charge in [-0.3, -0.25) is 0 Å². The van der Waals surface area contributed by atoms with Crippen LogP contribution < -0.4 is 5.32 Å². The van der Waals surface area contributed by atoms with Gasteiger partial charge in [-0.15, -0.1) is 0 Å². The third kappa shape index (κ3) is 2.60. The van der Waals surface area contributed by atoms with Crippen LogP contribution in [0, 0.1) is 5.41 Å². The summed E-state index contributed by atoms with van der Waals surface area (Å²) >= 11 is 0. The third-order valence-corrected chi connectivity index (χ3v) is 5.10. The van der Waals surface area contributed by atoms with Crippen molar-refractivity contribution >= 4 is 10.0 Å². The first kappa shape index (κ1) is 13.6. The fourth-order valence-electron chi connectivity index (χ4n) is 1.81. The molecule has 0 radical (unpaired) electrons. The van der Waals surface area contributed by atoms with Crippen LogP contribution in [-0.4, -0.2) is 32.9 Å². The Bertz CT molecular complexity index is 531. The second-order valence-corrected chi connectivity index (χ2v) is 7.72. The molecule has 1 N–H and O–H groups in total. The van der Waals surface area contributed by atoms with Gasteiger partial charge in [-0.05, 0) is 24.0 Å². The molecular weight excluding hydrogens is 252 g/mol. The van der Waals surface area contributed by atoms with Crippen LogP contribution in [0.3, 0.4) is 0 Å². The van der Waals surface area contributed by atoms with Gasteiger partial charge < -0.3 is 9.73 Å². The highest BCUT2D eigenvalue weighted by Crippen LogP contribution is 2.44. The topological polar surface area (TPSA) is 62.6 Å². The van der Waals surface area contributed by atoms with Crippen LogP contribution in [0.1, 0.15) is 26.0 Å². The van der Waals surface area contributed by atoms with E-state index in [-0.39, 0.29) is 5.09 Å². The lowest BCUT2D eigenvalue weighted by Gasteiger charge is -2.08. The molecule has 18 heavy (non-hydrogen) atoms. The Hall–Kier alpha value is -0.850. The maximum absolute atomic E-state index is 11.8. The van der Waals surface area contributed by atoms with Crippen LogP contribution in [0.2, 0.25) is 0 Å². The zero-order valence-electron chi connectivity index (χ0n) is 11.2. The maximum Gasteiger partial charge on any atom is 0.275 e. The Morgan fingerprint density at radius 2 is 2.06 bits per heavy atom. The van der Waals surface area contributed by atoms with Gasteiger partial charge in [0.15, 0.2) is 0 Å². The van der Waals surface area contributed by atoms with Crippen LogP contribution in [0.15, 0.2) is 21.6 Å². The molecule has 0 saturated heterocycles. The summed E-state index contributed by atoms with van der Waals surface area (Å²) in [5.41, 5.74) is 0.352. The van der Waals surface area contributed by atoms with Gasteiger partial charge in [0.2, 0.25) is 5.09 Å². The molecule has 1 atom stereocenters. The van der Waals surface area contributed by atoms with Crippen molar-refractivity contribution in [3.05, 3.63) is 17.9 Å². The average molecular weight is 272 g/mol. The zero-order chi connectivity index (χ0) is 13.6. The fraction of sp³-hybridized carbons (Fsp3) is 0.667. The van der Waals surface area contributed by atoms with Crippen molar-refractivity contribution in [2.75, 3.05) is 14.1 Å². The summed E-state index contributed by atoms with van der Waals surface area (Å²) in [5.74, 6) is 0.651. The smallest absolute Gasteiger partial charge is 0.275 e. The molecule has 2 rings (SSSR count). The van der Waals surface area contributed by atoms with Crippen molar-refractivity contribution in [2.24, 2.45) is 5.41 Å². The highest BCUT2D eigenvalue weighted by molar-refractivity contribution is 7.88. The Morgan fingerprint density at radius 3 is 2.56 bits per heavy atom. The minimum atomic E-state index is -3.46. The molecule has 1 unspecified atom stereocenters. The molecule has 0 spiro atoms. The number of furan rings is 1. The highest BCUT2D eigenvalue weighted by Gasteiger charge is 2.45. The summed E-state index contributed by atoms with van der Waals surface area (Å²) in [6.45, 7) is 4.97. The Morgan fingerprint density at radius 1 is 1.44 bits per heavy atom. The van der Waals surface area contributed by atoms with Crippen molar-refractivity contribution in [1.29, 1.82) is 0 Å². The Balaban J connectivity index is 1.99. The lowest BCUT2D eigenvalue weighted by Crippen LogP contribution is -2.22. The monoisotopic (exact) mass is 272 g/mol. The second-order valence-electron chi connectivity index (χ2n) is 5.63. The lowest BCUT2D eigenvalue weighted by atomic mass is 10.2. The van der Waals surface area contributed by atoms with E-state index in [4.69, 9.17) is 4.42 Å². The Kier molecular flexibility index (Phi) is 3.29. The van der Waals surface area contributed by atoms with Crippen LogP contribution in [-0.2, 0) is 16.6 Å². The second kappa shape index (κ2) is 4.36. The summed E-state index contributed by atoms with van der Waals surface area (Å²) in [7, 11) is -0.486. The van der Waals surface area contributed by atoms with Gasteiger partial charge in [0.25, 0.3) is 10.0 Å². The number of hydrogen-bond acceptors (Lipinski definition) is 4. The minimum absolute atomic E-state index is 0.000595. The molecule has 0 aromatic carbocycles. The number of sulfonamides is 1. The molecule has 0 amide bonds. The normalized spacial score (nSPS) is 22.4. The maximum atomic E-state index is 11.8. The average Bonchev–Trinajstić information content (AvgIpc) is 2.70. The van der Waals surface area contributed by atoms with Crippen molar-refractivity contribution in [1.82, 2.24) is 9.62 Å². The molecule has 0 bridgehead atoms. The summed E-state index contributed by atoms with van der Waals surface area (Å²) in [6.07, 6.45) is 1.15. The van der Waals surface area contributed by atoms with Crippen molar-refractivity contribution in [2.45, 2.75) is 37.9 Å². The van der Waals surface area contributed by atoms with Gasteiger partial charge in [-0.1, -0.05) is 13.8 Å². The standard InChI is InChI=1S/C12H20N2O3S/c1-12(2)7-10(12)13-8-9-5-6-11(17-9)18(15,16)14(3)4/h5-6,10,13H,7-8H2,1-4H3. The molecule has 5 nitrogen and oxygen atoms in total. The van der Waals surface area contributed by atoms with E-state index in [0.717, 1.165) is 10.7 Å². The van der Waals surface area contributed by atoms with E-state index in [2.05, 4.69) is 19.2 Å². The fourth-order valence-corrected chi connectivity index (χ4v) is 2.62. The van der Waals surface area contributed by atoms with Gasteiger partial charge in [-0.2, -0.15) is 0 Å². The lowest BCUT2D eigenvalue weighted by molar-refractivity contribution is 0.384. The first-order valence-corrected chi connectivity index (χ1v) is 7.42. The molecule has 1 fully saturated rings. The SMILES string of the molecule is CN(C)S(=O)(=O)c1ccc(CNC2CC2(C)C)o1. The number of nitrogens with one attached hydrogen (secondary N) is 1. The quantitative estimate of drug-likeness (QED) is 0.880. The summed E-state index contributed by atoms with van der Waals surface area (Å²) in [4.78, 5) is 0. The third-order valence-electron chi connectivity index (χ3n) is 3.41. The van der Waals surface area contributed by atoms with E-state index in [1.54, 1.807) is 6.07 Å². The summed E-state index contributed by atoms with van der Waals surface area (Å²) in [6, 6.07) is 3.71. The molecule has 6 heteroatoms. The molecule has 1 aliphatic rings. The number of hydrogen-bond donors (Lipinski definition) is 1. The molecule has 1 aromatic rings. The molecule has 1 heterocycles. The van der Waals surface area contributed by atoms with E-state index >= 15 is 0 Å². The van der Waals surface area contributed by atoms with E-state index in [0.29, 0.717) is 23.8 Å². The molecule has 102 valence electrons. The summed E-state index contributed by atoms with van der Waals surface area (Å²) < 4.78 is 30.1. The van der Waals surface area contributed by atoms with Gasteiger partial charge in [0, 0.05) is 20.1 Å². The van der Waals surface area contributed by atoms with Gasteiger partial charge >= 0.3 is 0 Å². The zero-order valence-corrected chi connectivity index (χ0v) is 12.0. The van der Waals surface area contributed by atoms with Gasteiger partial charge in [-0.25, -0.2) is 12.7 Å². The van der Waals surface area contributed by atoms with Crippen molar-refractivity contribution < 1.29 is 12.8 Å². The van der Waals surface area contributed by atoms with E-state index < -0.39 is 10.0 Å². The number of rotatable bonds is 5. The van der Waals surface area contributed by atoms with Gasteiger partial charge in [0.1, 0.15) is 5.76 Å². The van der Waals surface area contributed by atoms with Crippen LogP contribution in [0.25, 0.3) is 0 Å². The molecule has 1 saturated carbocycles. The van der Waals surface area contributed by atoms with E-state index in [1.807, 2.05) is 0 Å². The predicted octanol–water partition coefficient (Wildman–Crippen LogP) is 1.42.